The molecule has 1 heterocycles. The van der Waals surface area contributed by atoms with Crippen molar-refractivity contribution in [2.24, 2.45) is 0 Å². The van der Waals surface area contributed by atoms with E-state index >= 15 is 0 Å². The Balaban J connectivity index is 2.28. The van der Waals surface area contributed by atoms with E-state index in [1.54, 1.807) is 30.3 Å². The third-order valence-corrected chi connectivity index (χ3v) is 2.10. The summed E-state index contributed by atoms with van der Waals surface area (Å²) in [6, 6.07) is 10.6. The molecule has 2 aromatic rings. The van der Waals surface area contributed by atoms with E-state index in [2.05, 4.69) is 10.3 Å². The van der Waals surface area contributed by atoms with Gasteiger partial charge in [-0.1, -0.05) is 18.2 Å². The van der Waals surface area contributed by atoms with Crippen molar-refractivity contribution in [1.29, 1.82) is 0 Å². The summed E-state index contributed by atoms with van der Waals surface area (Å²) in [5.41, 5.74) is 0.161. The van der Waals surface area contributed by atoms with E-state index in [0.29, 0.717) is 0 Å². The van der Waals surface area contributed by atoms with Gasteiger partial charge in [0.2, 0.25) is 0 Å². The molecule has 4 nitrogen and oxygen atoms in total. The summed E-state index contributed by atoms with van der Waals surface area (Å²) < 4.78 is 13.3. The van der Waals surface area contributed by atoms with E-state index in [0.717, 1.165) is 0 Å². The van der Waals surface area contributed by atoms with Crippen LogP contribution in [0.1, 0.15) is 10.5 Å². The second-order valence-corrected chi connectivity index (χ2v) is 3.32. The normalized spacial score (nSPS) is 9.94. The van der Waals surface area contributed by atoms with Gasteiger partial charge in [-0.05, 0) is 24.3 Å². The second kappa shape index (κ2) is 4.61. The molecule has 0 spiro atoms. The summed E-state index contributed by atoms with van der Waals surface area (Å²) in [6.45, 7) is 0. The van der Waals surface area contributed by atoms with Gasteiger partial charge in [0.1, 0.15) is 11.6 Å². The van der Waals surface area contributed by atoms with Gasteiger partial charge in [-0.15, -0.1) is 0 Å². The van der Waals surface area contributed by atoms with E-state index in [1.807, 2.05) is 0 Å². The van der Waals surface area contributed by atoms with E-state index in [-0.39, 0.29) is 17.2 Å². The molecular weight excluding hydrogens is 223 g/mol. The largest absolute Gasteiger partial charge is 0.477 e. The molecule has 86 valence electrons. The van der Waals surface area contributed by atoms with Crippen LogP contribution in [0.5, 0.6) is 0 Å². The maximum absolute atomic E-state index is 13.3. The van der Waals surface area contributed by atoms with Crippen molar-refractivity contribution >= 4 is 17.5 Å². The lowest BCUT2D eigenvalue weighted by Crippen LogP contribution is -2.03. The molecule has 0 atom stereocenters. The van der Waals surface area contributed by atoms with Gasteiger partial charge >= 0.3 is 5.97 Å². The molecule has 2 N–H and O–H groups in total. The molecule has 0 aliphatic rings. The highest BCUT2D eigenvalue weighted by Gasteiger charge is 2.06. The Labute approximate surface area is 96.7 Å². The highest BCUT2D eigenvalue weighted by atomic mass is 19.1. The molecule has 0 aliphatic heterocycles. The first-order valence-electron chi connectivity index (χ1n) is 4.89. The number of para-hydroxylation sites is 1. The van der Waals surface area contributed by atoms with Crippen molar-refractivity contribution in [3.8, 4) is 0 Å². The monoisotopic (exact) mass is 232 g/mol. The van der Waals surface area contributed by atoms with Crippen LogP contribution in [0.2, 0.25) is 0 Å². The lowest BCUT2D eigenvalue weighted by molar-refractivity contribution is 0.0690. The Kier molecular flexibility index (Phi) is 3.00. The lowest BCUT2D eigenvalue weighted by Gasteiger charge is -2.06. The third-order valence-electron chi connectivity index (χ3n) is 2.10. The van der Waals surface area contributed by atoms with Crippen LogP contribution in [0.25, 0.3) is 0 Å². The number of benzene rings is 1. The van der Waals surface area contributed by atoms with Gasteiger partial charge in [0, 0.05) is 0 Å². The minimum Gasteiger partial charge on any atom is -0.477 e. The topological polar surface area (TPSA) is 62.2 Å². The minimum atomic E-state index is -1.12. The van der Waals surface area contributed by atoms with Crippen molar-refractivity contribution < 1.29 is 14.3 Å². The van der Waals surface area contributed by atoms with Crippen molar-refractivity contribution in [2.75, 3.05) is 5.32 Å². The number of carbonyl (C=O) groups is 1. The predicted molar refractivity (Wildman–Crippen MR) is 60.9 cm³/mol. The first-order chi connectivity index (χ1) is 8.16. The molecule has 0 saturated carbocycles. The number of anilines is 2. The zero-order valence-corrected chi connectivity index (χ0v) is 8.72. The molecule has 5 heteroatoms. The molecule has 0 bridgehead atoms. The standard InChI is InChI=1S/C12H9FN2O2/c13-8-4-1-2-5-9(8)14-11-7-3-6-10(15-11)12(16)17/h1-7H,(H,14,15)(H,16,17). The van der Waals surface area contributed by atoms with Crippen LogP contribution in [0.15, 0.2) is 42.5 Å². The Morgan fingerprint density at radius 3 is 2.65 bits per heavy atom. The summed E-state index contributed by atoms with van der Waals surface area (Å²) in [7, 11) is 0. The number of hydrogen-bond donors (Lipinski definition) is 2. The van der Waals surface area contributed by atoms with Gasteiger partial charge < -0.3 is 10.4 Å². The molecule has 1 aromatic carbocycles. The Morgan fingerprint density at radius 2 is 1.94 bits per heavy atom. The number of aromatic nitrogens is 1. The Hall–Kier alpha value is -2.43. The molecular formula is C12H9FN2O2. The van der Waals surface area contributed by atoms with Crippen molar-refractivity contribution in [3.63, 3.8) is 0 Å². The highest BCUT2D eigenvalue weighted by Crippen LogP contribution is 2.17. The molecule has 0 amide bonds. The van der Waals surface area contributed by atoms with Crippen LogP contribution in [0, 0.1) is 5.82 Å². The fourth-order valence-corrected chi connectivity index (χ4v) is 1.32. The summed E-state index contributed by atoms with van der Waals surface area (Å²) in [6.07, 6.45) is 0. The Bertz CT molecular complexity index is 558. The van der Waals surface area contributed by atoms with Crippen molar-refractivity contribution in [1.82, 2.24) is 4.98 Å². The number of nitrogens with one attached hydrogen (secondary N) is 1. The summed E-state index contributed by atoms with van der Waals surface area (Å²) >= 11 is 0. The van der Waals surface area contributed by atoms with Crippen molar-refractivity contribution in [3.05, 3.63) is 54.0 Å². The van der Waals surface area contributed by atoms with E-state index in [9.17, 15) is 9.18 Å². The zero-order chi connectivity index (χ0) is 12.3. The van der Waals surface area contributed by atoms with Gasteiger partial charge in [-0.2, -0.15) is 0 Å². The molecule has 0 aliphatic carbocycles. The molecule has 1 aromatic heterocycles. The molecule has 0 radical (unpaired) electrons. The van der Waals surface area contributed by atoms with E-state index in [4.69, 9.17) is 5.11 Å². The number of nitrogens with zero attached hydrogens (tertiary/aromatic N) is 1. The number of hydrogen-bond acceptors (Lipinski definition) is 3. The number of halogens is 1. The second-order valence-electron chi connectivity index (χ2n) is 3.32. The first kappa shape index (κ1) is 11.1. The van der Waals surface area contributed by atoms with Crippen LogP contribution in [0.4, 0.5) is 15.9 Å². The molecule has 0 fully saturated rings. The smallest absolute Gasteiger partial charge is 0.354 e. The summed E-state index contributed by atoms with van der Waals surface area (Å²) in [4.78, 5) is 14.5. The number of carboxylic acid groups (broad SMARTS) is 1. The van der Waals surface area contributed by atoms with E-state index < -0.39 is 11.8 Å². The maximum atomic E-state index is 13.3. The third kappa shape index (κ3) is 2.57. The van der Waals surface area contributed by atoms with Crippen LogP contribution in [-0.4, -0.2) is 16.1 Å². The molecule has 17 heavy (non-hydrogen) atoms. The quantitative estimate of drug-likeness (QED) is 0.853. The van der Waals surface area contributed by atoms with Gasteiger partial charge in [-0.25, -0.2) is 14.2 Å². The summed E-state index contributed by atoms with van der Waals surface area (Å²) in [5.74, 6) is -1.26. The zero-order valence-electron chi connectivity index (χ0n) is 8.72. The fraction of sp³-hybridized carbons (Fsp3) is 0. The lowest BCUT2D eigenvalue weighted by atomic mass is 10.3. The SMILES string of the molecule is O=C(O)c1cccc(Nc2ccccc2F)n1. The van der Waals surface area contributed by atoms with Crippen molar-refractivity contribution in [2.45, 2.75) is 0 Å². The number of carboxylic acids is 1. The highest BCUT2D eigenvalue weighted by molar-refractivity contribution is 5.85. The number of rotatable bonds is 3. The maximum Gasteiger partial charge on any atom is 0.354 e. The number of pyridine rings is 1. The average Bonchev–Trinajstić information content (AvgIpc) is 2.32. The molecule has 2 rings (SSSR count). The number of aromatic carboxylic acids is 1. The molecule has 0 unspecified atom stereocenters. The van der Waals surface area contributed by atoms with Gasteiger partial charge in [0.05, 0.1) is 5.69 Å². The van der Waals surface area contributed by atoms with Crippen LogP contribution in [0.3, 0.4) is 0 Å². The van der Waals surface area contributed by atoms with Gasteiger partial charge in [-0.3, -0.25) is 0 Å². The van der Waals surface area contributed by atoms with Crippen LogP contribution in [-0.2, 0) is 0 Å². The average molecular weight is 232 g/mol. The van der Waals surface area contributed by atoms with Crippen LogP contribution < -0.4 is 5.32 Å². The summed E-state index contributed by atoms with van der Waals surface area (Å²) in [5, 5.41) is 11.5. The predicted octanol–water partition coefficient (Wildman–Crippen LogP) is 2.66. The van der Waals surface area contributed by atoms with Gasteiger partial charge in [0.25, 0.3) is 0 Å². The van der Waals surface area contributed by atoms with E-state index in [1.165, 1.54) is 12.1 Å². The molecule has 0 saturated heterocycles. The first-order valence-corrected chi connectivity index (χ1v) is 4.89. The minimum absolute atomic E-state index is 0.0914. The Morgan fingerprint density at radius 1 is 1.18 bits per heavy atom. The fourth-order valence-electron chi connectivity index (χ4n) is 1.32. The van der Waals surface area contributed by atoms with Crippen LogP contribution >= 0.6 is 0 Å². The van der Waals surface area contributed by atoms with Gasteiger partial charge in [0.15, 0.2) is 5.69 Å².